The smallest absolute Gasteiger partial charge is 0.388 e. The van der Waals surface area contributed by atoms with Crippen LogP contribution in [0.5, 0.6) is 0 Å². The summed E-state index contributed by atoms with van der Waals surface area (Å²) in [7, 11) is 0. The van der Waals surface area contributed by atoms with Crippen LogP contribution in [0.4, 0.5) is 24.8 Å². The third kappa shape index (κ3) is 5.04. The largest absolute Gasteiger partial charge is 0.451 e. The van der Waals surface area contributed by atoms with Crippen LogP contribution in [0, 0.1) is 0 Å². The molecule has 0 saturated carbocycles. The normalized spacial score (nSPS) is 12.3. The average molecular weight is 306 g/mol. The molecule has 5 nitrogen and oxygen atoms in total. The molecule has 1 rings (SSSR count). The van der Waals surface area contributed by atoms with Gasteiger partial charge in [-0.2, -0.15) is 13.2 Å². The Morgan fingerprint density at radius 3 is 2.00 bits per heavy atom. The van der Waals surface area contributed by atoms with Gasteiger partial charge in [0.2, 0.25) is 5.82 Å². The molecule has 1 aromatic rings. The van der Waals surface area contributed by atoms with Gasteiger partial charge in [0.05, 0.1) is 5.60 Å². The number of hydrogen-bond donors (Lipinski definition) is 3. The highest BCUT2D eigenvalue weighted by atomic mass is 19.4. The fourth-order valence-corrected chi connectivity index (χ4v) is 1.69. The zero-order chi connectivity index (χ0) is 16.1. The Hall–Kier alpha value is -1.57. The number of hydrogen-bond acceptors (Lipinski definition) is 5. The molecule has 0 atom stereocenters. The van der Waals surface area contributed by atoms with Gasteiger partial charge >= 0.3 is 6.18 Å². The van der Waals surface area contributed by atoms with E-state index in [1.807, 2.05) is 13.8 Å². The van der Waals surface area contributed by atoms with Crippen molar-refractivity contribution in [3.8, 4) is 0 Å². The van der Waals surface area contributed by atoms with Crippen LogP contribution in [0.15, 0.2) is 6.07 Å². The van der Waals surface area contributed by atoms with Gasteiger partial charge in [-0.15, -0.1) is 0 Å². The molecule has 0 radical (unpaired) electrons. The topological polar surface area (TPSA) is 70.1 Å². The maximum atomic E-state index is 12.8. The number of nitrogens with one attached hydrogen (secondary N) is 2. The number of aromatic nitrogens is 2. The number of halogens is 3. The Balaban J connectivity index is 2.98. The molecule has 0 spiro atoms. The zero-order valence-corrected chi connectivity index (χ0v) is 12.4. The summed E-state index contributed by atoms with van der Waals surface area (Å²) in [6.07, 6.45) is -3.63. The van der Waals surface area contributed by atoms with E-state index in [9.17, 15) is 18.3 Å². The van der Waals surface area contributed by atoms with E-state index in [0.29, 0.717) is 19.4 Å². The van der Waals surface area contributed by atoms with Gasteiger partial charge in [0, 0.05) is 19.2 Å². The molecule has 1 aromatic heterocycles. The van der Waals surface area contributed by atoms with Crippen molar-refractivity contribution in [3.63, 3.8) is 0 Å². The van der Waals surface area contributed by atoms with Gasteiger partial charge in [-0.05, 0) is 19.8 Å². The number of aliphatic hydroxyl groups is 1. The summed E-state index contributed by atoms with van der Waals surface area (Å²) in [6.45, 7) is 5.96. The van der Waals surface area contributed by atoms with Crippen molar-refractivity contribution >= 4 is 11.6 Å². The molecule has 8 heteroatoms. The van der Waals surface area contributed by atoms with Crippen molar-refractivity contribution in [2.24, 2.45) is 0 Å². The van der Waals surface area contributed by atoms with E-state index in [0.717, 1.165) is 0 Å². The first-order valence-electron chi connectivity index (χ1n) is 6.90. The molecule has 21 heavy (non-hydrogen) atoms. The molecule has 0 aromatic carbocycles. The van der Waals surface area contributed by atoms with Gasteiger partial charge in [-0.3, -0.25) is 0 Å². The lowest BCUT2D eigenvalue weighted by atomic mass is 9.98. The van der Waals surface area contributed by atoms with Gasteiger partial charge in [0.25, 0.3) is 0 Å². The van der Waals surface area contributed by atoms with Crippen LogP contribution in [0.3, 0.4) is 0 Å². The lowest BCUT2D eigenvalue weighted by molar-refractivity contribution is -0.144. The fraction of sp³-hybridized carbons (Fsp3) is 0.692. The average Bonchev–Trinajstić information content (AvgIpc) is 2.44. The molecule has 0 unspecified atom stereocenters. The summed E-state index contributed by atoms with van der Waals surface area (Å²) >= 11 is 0. The third-order valence-electron chi connectivity index (χ3n) is 3.25. The zero-order valence-electron chi connectivity index (χ0n) is 12.4. The minimum atomic E-state index is -4.62. The van der Waals surface area contributed by atoms with Gasteiger partial charge in [-0.1, -0.05) is 13.8 Å². The summed E-state index contributed by atoms with van der Waals surface area (Å²) in [4.78, 5) is 6.89. The maximum Gasteiger partial charge on any atom is 0.451 e. The first-order valence-corrected chi connectivity index (χ1v) is 6.90. The summed E-state index contributed by atoms with van der Waals surface area (Å²) in [5.41, 5.74) is -0.971. The molecule has 120 valence electrons. The van der Waals surface area contributed by atoms with Crippen LogP contribution in [-0.2, 0) is 6.18 Å². The first-order chi connectivity index (χ1) is 9.74. The van der Waals surface area contributed by atoms with Crippen molar-refractivity contribution in [1.82, 2.24) is 9.97 Å². The van der Waals surface area contributed by atoms with Crippen molar-refractivity contribution in [2.75, 3.05) is 23.7 Å². The molecule has 0 fully saturated rings. The van der Waals surface area contributed by atoms with E-state index in [-0.39, 0.29) is 18.2 Å². The predicted molar refractivity (Wildman–Crippen MR) is 75.2 cm³/mol. The summed E-state index contributed by atoms with van der Waals surface area (Å²) in [5, 5.41) is 15.6. The van der Waals surface area contributed by atoms with E-state index in [2.05, 4.69) is 20.6 Å². The number of rotatable bonds is 7. The lowest BCUT2D eigenvalue weighted by Gasteiger charge is -2.25. The van der Waals surface area contributed by atoms with Gasteiger partial charge in [0.15, 0.2) is 0 Å². The molecule has 1 heterocycles. The second kappa shape index (κ2) is 6.93. The maximum absolute atomic E-state index is 12.8. The molecular formula is C13H21F3N4O. The molecule has 0 amide bonds. The summed E-state index contributed by atoms with van der Waals surface area (Å²) in [5.74, 6) is -1.08. The van der Waals surface area contributed by atoms with Crippen molar-refractivity contribution < 1.29 is 18.3 Å². The summed E-state index contributed by atoms with van der Waals surface area (Å²) in [6, 6.07) is 1.39. The quantitative estimate of drug-likeness (QED) is 0.722. The van der Waals surface area contributed by atoms with Gasteiger partial charge in [0.1, 0.15) is 11.6 Å². The molecule has 0 saturated heterocycles. The first kappa shape index (κ1) is 17.5. The molecule has 0 aliphatic heterocycles. The minimum Gasteiger partial charge on any atom is -0.388 e. The second-order valence-corrected chi connectivity index (χ2v) is 4.78. The molecule has 0 aliphatic rings. The van der Waals surface area contributed by atoms with Crippen LogP contribution < -0.4 is 10.6 Å². The third-order valence-corrected chi connectivity index (χ3v) is 3.25. The number of alkyl halides is 3. The fourth-order valence-electron chi connectivity index (χ4n) is 1.69. The molecule has 3 N–H and O–H groups in total. The van der Waals surface area contributed by atoms with Crippen molar-refractivity contribution in [3.05, 3.63) is 11.9 Å². The monoisotopic (exact) mass is 306 g/mol. The minimum absolute atomic E-state index is 0.0357. The highest BCUT2D eigenvalue weighted by Crippen LogP contribution is 2.28. The van der Waals surface area contributed by atoms with Crippen LogP contribution in [0.25, 0.3) is 0 Å². The van der Waals surface area contributed by atoms with Gasteiger partial charge < -0.3 is 15.7 Å². The summed E-state index contributed by atoms with van der Waals surface area (Å²) < 4.78 is 38.3. The number of nitrogens with zero attached hydrogens (tertiary/aromatic N) is 2. The highest BCUT2D eigenvalue weighted by Gasteiger charge is 2.35. The Kier molecular flexibility index (Phi) is 5.77. The van der Waals surface area contributed by atoms with Crippen LogP contribution in [-0.4, -0.2) is 33.8 Å². The molecule has 0 aliphatic carbocycles. The van der Waals surface area contributed by atoms with E-state index < -0.39 is 17.6 Å². The van der Waals surface area contributed by atoms with E-state index in [1.54, 1.807) is 6.92 Å². The van der Waals surface area contributed by atoms with E-state index in [4.69, 9.17) is 0 Å². The van der Waals surface area contributed by atoms with Gasteiger partial charge in [-0.25, -0.2) is 9.97 Å². The Labute approximate surface area is 122 Å². The predicted octanol–water partition coefficient (Wildman–Crippen LogP) is 2.89. The van der Waals surface area contributed by atoms with Crippen molar-refractivity contribution in [2.45, 2.75) is 45.4 Å². The Morgan fingerprint density at radius 2 is 1.57 bits per heavy atom. The van der Waals surface area contributed by atoms with Crippen LogP contribution in [0.1, 0.15) is 39.4 Å². The SMILES string of the molecule is CCNc1cc(NCC(O)(CC)CC)nc(C(F)(F)F)n1. The molecule has 0 bridgehead atoms. The van der Waals surface area contributed by atoms with E-state index >= 15 is 0 Å². The van der Waals surface area contributed by atoms with Crippen LogP contribution >= 0.6 is 0 Å². The Bertz CT molecular complexity index is 461. The van der Waals surface area contributed by atoms with E-state index in [1.165, 1.54) is 6.07 Å². The standard InChI is InChI=1S/C13H21F3N4O/c1-4-12(21,5-2)8-18-10-7-9(17-6-3)19-11(20-10)13(14,15)16/h7,21H,4-6,8H2,1-3H3,(H2,17,18,19,20). The second-order valence-electron chi connectivity index (χ2n) is 4.78. The Morgan fingerprint density at radius 1 is 1.05 bits per heavy atom. The van der Waals surface area contributed by atoms with Crippen molar-refractivity contribution in [1.29, 1.82) is 0 Å². The number of anilines is 2. The van der Waals surface area contributed by atoms with Crippen LogP contribution in [0.2, 0.25) is 0 Å². The highest BCUT2D eigenvalue weighted by molar-refractivity contribution is 5.48. The molecular weight excluding hydrogens is 285 g/mol. The lowest BCUT2D eigenvalue weighted by Crippen LogP contribution is -2.35.